The lowest BCUT2D eigenvalue weighted by atomic mass is 9.92. The predicted octanol–water partition coefficient (Wildman–Crippen LogP) is 2.92. The SMILES string of the molecule is [C]1CCC=C2C=CC=CC2C1. The molecular formula is C11H12. The van der Waals surface area contributed by atoms with Crippen LogP contribution >= 0.6 is 0 Å². The Kier molecular flexibility index (Phi) is 1.93. The van der Waals surface area contributed by atoms with Crippen LogP contribution in [0.4, 0.5) is 0 Å². The number of rotatable bonds is 0. The van der Waals surface area contributed by atoms with Gasteiger partial charge in [0.1, 0.15) is 0 Å². The molecule has 0 bridgehead atoms. The molecule has 0 spiro atoms. The van der Waals surface area contributed by atoms with Gasteiger partial charge in [-0.3, -0.25) is 0 Å². The maximum absolute atomic E-state index is 3.41. The van der Waals surface area contributed by atoms with Gasteiger partial charge in [0.2, 0.25) is 0 Å². The molecule has 0 saturated heterocycles. The summed E-state index contributed by atoms with van der Waals surface area (Å²) in [6, 6.07) is 0. The van der Waals surface area contributed by atoms with Gasteiger partial charge in [-0.1, -0.05) is 30.4 Å². The number of hydrogen-bond donors (Lipinski definition) is 0. The summed E-state index contributed by atoms with van der Waals surface area (Å²) in [5.74, 6) is 0.627. The topological polar surface area (TPSA) is 0 Å². The van der Waals surface area contributed by atoms with Crippen molar-refractivity contribution >= 4 is 0 Å². The van der Waals surface area contributed by atoms with Gasteiger partial charge >= 0.3 is 0 Å². The first kappa shape index (κ1) is 6.90. The van der Waals surface area contributed by atoms with Crippen LogP contribution in [0, 0.1) is 12.3 Å². The molecule has 0 aliphatic heterocycles. The van der Waals surface area contributed by atoms with Crippen molar-refractivity contribution in [3.05, 3.63) is 42.4 Å². The maximum atomic E-state index is 3.41. The first-order chi connectivity index (χ1) is 5.47. The van der Waals surface area contributed by atoms with E-state index in [4.69, 9.17) is 0 Å². The van der Waals surface area contributed by atoms with Crippen LogP contribution in [0.2, 0.25) is 0 Å². The normalized spacial score (nSPS) is 29.1. The van der Waals surface area contributed by atoms with Crippen LogP contribution in [-0.2, 0) is 0 Å². The highest BCUT2D eigenvalue weighted by Gasteiger charge is 2.12. The molecule has 0 heterocycles. The van der Waals surface area contributed by atoms with Crippen LogP contribution in [0.25, 0.3) is 0 Å². The molecule has 0 saturated carbocycles. The van der Waals surface area contributed by atoms with Crippen LogP contribution in [0.5, 0.6) is 0 Å². The fourth-order valence-electron chi connectivity index (χ4n) is 1.60. The summed E-state index contributed by atoms with van der Waals surface area (Å²) in [6.07, 6.45) is 17.9. The minimum absolute atomic E-state index is 0.627. The second-order valence-electron chi connectivity index (χ2n) is 3.05. The van der Waals surface area contributed by atoms with E-state index in [-0.39, 0.29) is 0 Å². The Hall–Kier alpha value is -0.780. The summed E-state index contributed by atoms with van der Waals surface area (Å²) in [5, 5.41) is 0. The molecule has 0 fully saturated rings. The van der Waals surface area contributed by atoms with E-state index in [1.54, 1.807) is 0 Å². The summed E-state index contributed by atoms with van der Waals surface area (Å²) in [6.45, 7) is 0. The van der Waals surface area contributed by atoms with Gasteiger partial charge in [-0.15, -0.1) is 0 Å². The summed E-state index contributed by atoms with van der Waals surface area (Å²) >= 11 is 0. The molecule has 0 aromatic heterocycles. The van der Waals surface area contributed by atoms with E-state index in [1.165, 1.54) is 12.0 Å². The first-order valence-corrected chi connectivity index (χ1v) is 4.22. The second kappa shape index (κ2) is 3.08. The minimum Gasteiger partial charge on any atom is -0.0807 e. The van der Waals surface area contributed by atoms with Crippen LogP contribution < -0.4 is 0 Å². The lowest BCUT2D eigenvalue weighted by Crippen LogP contribution is -1.99. The third-order valence-corrected chi connectivity index (χ3v) is 2.24. The van der Waals surface area contributed by atoms with Crippen LogP contribution in [0.15, 0.2) is 36.0 Å². The fraction of sp³-hybridized carbons (Fsp3) is 0.364. The van der Waals surface area contributed by atoms with Crippen molar-refractivity contribution in [2.75, 3.05) is 0 Å². The van der Waals surface area contributed by atoms with Crippen LogP contribution in [0.1, 0.15) is 19.3 Å². The Balaban J connectivity index is 2.21. The highest BCUT2D eigenvalue weighted by atomic mass is 14.2. The molecule has 2 aliphatic rings. The maximum Gasteiger partial charge on any atom is 0.00236 e. The average Bonchev–Trinajstić information content (AvgIpc) is 2.28. The van der Waals surface area contributed by atoms with Crippen molar-refractivity contribution < 1.29 is 0 Å². The number of hydrogen-bond acceptors (Lipinski definition) is 0. The van der Waals surface area contributed by atoms with Crippen LogP contribution in [0.3, 0.4) is 0 Å². The molecule has 0 heteroatoms. The van der Waals surface area contributed by atoms with Crippen molar-refractivity contribution in [1.82, 2.24) is 0 Å². The van der Waals surface area contributed by atoms with Gasteiger partial charge < -0.3 is 0 Å². The molecule has 11 heavy (non-hydrogen) atoms. The molecule has 0 aromatic rings. The summed E-state index contributed by atoms with van der Waals surface area (Å²) < 4.78 is 0. The number of fused-ring (bicyclic) bond motifs is 1. The van der Waals surface area contributed by atoms with Gasteiger partial charge in [0, 0.05) is 5.92 Å². The Morgan fingerprint density at radius 1 is 1.36 bits per heavy atom. The molecule has 0 N–H and O–H groups in total. The Labute approximate surface area is 68.3 Å². The van der Waals surface area contributed by atoms with Crippen molar-refractivity contribution in [3.8, 4) is 0 Å². The Bertz CT molecular complexity index is 218. The highest BCUT2D eigenvalue weighted by Crippen LogP contribution is 2.27. The van der Waals surface area contributed by atoms with Crippen molar-refractivity contribution in [3.63, 3.8) is 0 Å². The zero-order valence-corrected chi connectivity index (χ0v) is 6.59. The molecule has 1 unspecified atom stereocenters. The molecule has 0 aromatic carbocycles. The second-order valence-corrected chi connectivity index (χ2v) is 3.05. The van der Waals surface area contributed by atoms with E-state index in [0.29, 0.717) is 5.92 Å². The van der Waals surface area contributed by atoms with Gasteiger partial charge in [0.05, 0.1) is 0 Å². The molecule has 2 rings (SSSR count). The highest BCUT2D eigenvalue weighted by molar-refractivity contribution is 5.34. The van der Waals surface area contributed by atoms with Crippen molar-refractivity contribution in [2.24, 2.45) is 5.92 Å². The van der Waals surface area contributed by atoms with E-state index in [0.717, 1.165) is 12.8 Å². The molecule has 0 nitrogen and oxygen atoms in total. The quantitative estimate of drug-likeness (QED) is 0.490. The molecule has 0 amide bonds. The average molecular weight is 144 g/mol. The van der Waals surface area contributed by atoms with Gasteiger partial charge in [-0.2, -0.15) is 0 Å². The fourth-order valence-corrected chi connectivity index (χ4v) is 1.60. The van der Waals surface area contributed by atoms with E-state index in [1.807, 2.05) is 0 Å². The molecule has 2 radical (unpaired) electrons. The van der Waals surface area contributed by atoms with Crippen molar-refractivity contribution in [1.29, 1.82) is 0 Å². The van der Waals surface area contributed by atoms with Gasteiger partial charge in [0.25, 0.3) is 0 Å². The first-order valence-electron chi connectivity index (χ1n) is 4.22. The lowest BCUT2D eigenvalue weighted by molar-refractivity contribution is 0.746. The Morgan fingerprint density at radius 3 is 3.36 bits per heavy atom. The van der Waals surface area contributed by atoms with Gasteiger partial charge in [-0.25, -0.2) is 0 Å². The molecule has 56 valence electrons. The number of allylic oxidation sites excluding steroid dienone is 6. The van der Waals surface area contributed by atoms with E-state index < -0.39 is 0 Å². The van der Waals surface area contributed by atoms with E-state index in [2.05, 4.69) is 36.8 Å². The standard InChI is InChI=1S/C11H12/c1-2-6-10-8-4-5-9-11(10)7-3-1/h4-6,8-9,11H,1-2,7H2. The summed E-state index contributed by atoms with van der Waals surface area (Å²) in [5.41, 5.74) is 1.48. The minimum atomic E-state index is 0.627. The lowest BCUT2D eigenvalue weighted by Gasteiger charge is -2.13. The summed E-state index contributed by atoms with van der Waals surface area (Å²) in [7, 11) is 0. The van der Waals surface area contributed by atoms with Crippen LogP contribution in [-0.4, -0.2) is 0 Å². The monoisotopic (exact) mass is 144 g/mol. The molecule has 2 aliphatic carbocycles. The Morgan fingerprint density at radius 2 is 2.36 bits per heavy atom. The third-order valence-electron chi connectivity index (χ3n) is 2.24. The zero-order chi connectivity index (χ0) is 7.52. The van der Waals surface area contributed by atoms with Gasteiger partial charge in [-0.05, 0) is 31.3 Å². The molecular weight excluding hydrogens is 132 g/mol. The van der Waals surface area contributed by atoms with Crippen molar-refractivity contribution in [2.45, 2.75) is 19.3 Å². The zero-order valence-electron chi connectivity index (χ0n) is 6.59. The van der Waals surface area contributed by atoms with Gasteiger partial charge in [0.15, 0.2) is 0 Å². The third kappa shape index (κ3) is 1.45. The smallest absolute Gasteiger partial charge is 0.00236 e. The predicted molar refractivity (Wildman–Crippen MR) is 46.9 cm³/mol. The summed E-state index contributed by atoms with van der Waals surface area (Å²) in [4.78, 5) is 0. The van der Waals surface area contributed by atoms with E-state index >= 15 is 0 Å². The molecule has 1 atom stereocenters. The van der Waals surface area contributed by atoms with E-state index in [9.17, 15) is 0 Å². The largest absolute Gasteiger partial charge is 0.0807 e.